The van der Waals surface area contributed by atoms with Crippen molar-refractivity contribution < 1.29 is 80.2 Å². The zero-order valence-electron chi connectivity index (χ0n) is 62.8. The number of hydrogen-bond acceptors (Lipinski definition) is 15. The predicted octanol–water partition coefficient (Wildman–Crippen LogP) is 22.6. The van der Waals surface area contributed by atoms with E-state index in [0.717, 1.165) is 205 Å². The third-order valence-electron chi connectivity index (χ3n) is 16.2. The second-order valence-electron chi connectivity index (χ2n) is 25.9. The second kappa shape index (κ2) is 73.0. The number of phosphoric ester groups is 2. The van der Waals surface area contributed by atoms with Crippen molar-refractivity contribution in [2.75, 3.05) is 39.6 Å². The standard InChI is InChI=1S/C81H140O17P2/c1-5-9-13-17-21-25-29-33-36-37-40-43-46-50-54-58-62-66-79(84)92-72-77(98-81(86)68-64-60-56-52-48-44-39-35-31-27-23-19-15-11-7-3)74-96-100(89,90)94-70-75(82)69-93-99(87,88)95-73-76(97-80(85)67-63-59-55-51-47-41-32-28-24-20-16-12-8-4)71-91-78(83)65-61-57-53-49-45-42-38-34-30-26-22-18-14-10-6-2/h9,11,13,15-16,20-21,23,25,27-28,32-36,38-39,75-77,82H,5-8,10,12,14,17-19,22,24,26,29-31,37,40-74H2,1-4H3,(H,87,88)(H,89,90)/b13-9-,15-11-,20-16-,25-21-,27-23-,32-28-,36-33-,38-34-,39-35-. The Balaban J connectivity index is 5.37. The molecule has 0 heterocycles. The molecule has 0 aliphatic rings. The number of hydrogen-bond donors (Lipinski definition) is 3. The van der Waals surface area contributed by atoms with Crippen molar-refractivity contribution in [1.82, 2.24) is 0 Å². The van der Waals surface area contributed by atoms with Crippen LogP contribution in [-0.4, -0.2) is 96.7 Å². The van der Waals surface area contributed by atoms with Crippen LogP contribution in [0.5, 0.6) is 0 Å². The first kappa shape index (κ1) is 95.7. The number of aliphatic hydroxyl groups excluding tert-OH is 1. The number of unbranched alkanes of at least 4 members (excludes halogenated alkanes) is 29. The molecule has 0 aromatic carbocycles. The maximum Gasteiger partial charge on any atom is 0.472 e. The fraction of sp³-hybridized carbons (Fsp3) is 0.728. The van der Waals surface area contributed by atoms with Crippen LogP contribution in [0.15, 0.2) is 109 Å². The molecule has 3 N–H and O–H groups in total. The van der Waals surface area contributed by atoms with E-state index in [2.05, 4.69) is 137 Å². The Morgan fingerprint density at radius 2 is 0.540 bits per heavy atom. The lowest BCUT2D eigenvalue weighted by molar-refractivity contribution is -0.161. The van der Waals surface area contributed by atoms with Crippen LogP contribution in [0.3, 0.4) is 0 Å². The van der Waals surface area contributed by atoms with Crippen molar-refractivity contribution in [2.45, 2.75) is 341 Å². The van der Waals surface area contributed by atoms with Crippen LogP contribution in [0.2, 0.25) is 0 Å². The van der Waals surface area contributed by atoms with Crippen LogP contribution in [0.1, 0.15) is 323 Å². The van der Waals surface area contributed by atoms with Gasteiger partial charge in [0.05, 0.1) is 26.4 Å². The molecule has 19 heteroatoms. The largest absolute Gasteiger partial charge is 0.472 e. The fourth-order valence-electron chi connectivity index (χ4n) is 10.3. The summed E-state index contributed by atoms with van der Waals surface area (Å²) in [6.45, 7) is 4.55. The Morgan fingerprint density at radius 1 is 0.290 bits per heavy atom. The molecule has 0 rings (SSSR count). The molecule has 0 amide bonds. The smallest absolute Gasteiger partial charge is 0.462 e. The average molecular weight is 1450 g/mol. The number of allylic oxidation sites excluding steroid dienone is 18. The molecule has 0 aromatic heterocycles. The van der Waals surface area contributed by atoms with Crippen LogP contribution in [-0.2, 0) is 65.4 Å². The molecule has 0 bridgehead atoms. The zero-order valence-corrected chi connectivity index (χ0v) is 64.6. The van der Waals surface area contributed by atoms with Crippen molar-refractivity contribution in [2.24, 2.45) is 0 Å². The highest BCUT2D eigenvalue weighted by Gasteiger charge is 2.30. The lowest BCUT2D eigenvalue weighted by Crippen LogP contribution is -2.30. The van der Waals surface area contributed by atoms with Gasteiger partial charge >= 0.3 is 39.5 Å². The van der Waals surface area contributed by atoms with Crippen molar-refractivity contribution >= 4 is 39.5 Å². The normalized spacial score (nSPS) is 14.5. The Morgan fingerprint density at radius 3 is 0.850 bits per heavy atom. The Bertz CT molecular complexity index is 2320. The summed E-state index contributed by atoms with van der Waals surface area (Å²) in [7, 11) is -9.96. The molecular formula is C81H140O17P2. The number of phosphoric acid groups is 2. The molecular weight excluding hydrogens is 1310 g/mol. The van der Waals surface area contributed by atoms with Gasteiger partial charge in [-0.1, -0.05) is 265 Å². The van der Waals surface area contributed by atoms with Gasteiger partial charge in [-0.3, -0.25) is 37.3 Å². The van der Waals surface area contributed by atoms with Gasteiger partial charge in [0.2, 0.25) is 0 Å². The van der Waals surface area contributed by atoms with E-state index in [1.54, 1.807) is 0 Å². The second-order valence-corrected chi connectivity index (χ2v) is 28.8. The van der Waals surface area contributed by atoms with Crippen molar-refractivity contribution in [1.29, 1.82) is 0 Å². The van der Waals surface area contributed by atoms with Crippen LogP contribution in [0, 0.1) is 0 Å². The summed E-state index contributed by atoms with van der Waals surface area (Å²) < 4.78 is 68.5. The minimum atomic E-state index is -4.98. The third kappa shape index (κ3) is 72.1. The van der Waals surface area contributed by atoms with Crippen LogP contribution < -0.4 is 0 Å². The van der Waals surface area contributed by atoms with Gasteiger partial charge < -0.3 is 33.8 Å². The van der Waals surface area contributed by atoms with E-state index in [0.29, 0.717) is 25.7 Å². The SMILES string of the molecule is CC/C=C\C/C=C\C/C=C\CCCCCCCCCC(=O)OCC(COP(=O)(O)OCC(O)COP(=O)(O)OCC(COC(=O)CCCCCCC/C=C\CCCCCCCC)OC(=O)CCCCCCC/C=C\C/C=C\CCC)OC(=O)CCCCCCC/C=C\C/C=C\C/C=C\CC. The molecule has 0 aliphatic carbocycles. The Kier molecular flexibility index (Phi) is 69.9. The van der Waals surface area contributed by atoms with E-state index in [-0.39, 0.29) is 25.7 Å². The fourth-order valence-corrected chi connectivity index (χ4v) is 11.9. The molecule has 100 heavy (non-hydrogen) atoms. The molecule has 5 atom stereocenters. The predicted molar refractivity (Wildman–Crippen MR) is 408 cm³/mol. The summed E-state index contributed by atoms with van der Waals surface area (Å²) in [4.78, 5) is 72.9. The summed E-state index contributed by atoms with van der Waals surface area (Å²) in [6.07, 6.45) is 77.8. The van der Waals surface area contributed by atoms with Crippen LogP contribution >= 0.6 is 15.6 Å². The van der Waals surface area contributed by atoms with E-state index < -0.39 is 97.5 Å². The molecule has 0 radical (unpaired) electrons. The minimum Gasteiger partial charge on any atom is -0.462 e. The summed E-state index contributed by atoms with van der Waals surface area (Å²) in [5.41, 5.74) is 0. The monoisotopic (exact) mass is 1450 g/mol. The highest BCUT2D eigenvalue weighted by Crippen LogP contribution is 2.45. The first-order chi connectivity index (χ1) is 48.7. The van der Waals surface area contributed by atoms with E-state index in [9.17, 15) is 43.2 Å². The molecule has 0 aromatic rings. The number of carbonyl (C=O) groups is 4. The summed E-state index contributed by atoms with van der Waals surface area (Å²) in [5, 5.41) is 10.6. The number of rotatable bonds is 73. The Hall–Kier alpha value is -4.28. The van der Waals surface area contributed by atoms with Gasteiger partial charge in [-0.25, -0.2) is 9.13 Å². The van der Waals surface area contributed by atoms with Crippen molar-refractivity contribution in [3.05, 3.63) is 109 Å². The molecule has 576 valence electrons. The summed E-state index contributed by atoms with van der Waals surface area (Å²) in [5.74, 6) is -2.22. The van der Waals surface area contributed by atoms with Gasteiger partial charge in [-0.2, -0.15) is 0 Å². The summed E-state index contributed by atoms with van der Waals surface area (Å²) in [6, 6.07) is 0. The van der Waals surface area contributed by atoms with Crippen molar-refractivity contribution in [3.63, 3.8) is 0 Å². The third-order valence-corrected chi connectivity index (χ3v) is 18.1. The molecule has 5 unspecified atom stereocenters. The highest BCUT2D eigenvalue weighted by molar-refractivity contribution is 7.47. The minimum absolute atomic E-state index is 0.0717. The molecule has 17 nitrogen and oxygen atoms in total. The first-order valence-corrected chi connectivity index (χ1v) is 42.1. The Labute approximate surface area is 607 Å². The average Bonchev–Trinajstić information content (AvgIpc) is 1.06. The maximum atomic E-state index is 13.1. The van der Waals surface area contributed by atoms with E-state index in [1.165, 1.54) is 38.5 Å². The number of ether oxygens (including phenoxy) is 4. The van der Waals surface area contributed by atoms with Crippen LogP contribution in [0.25, 0.3) is 0 Å². The molecule has 0 saturated carbocycles. The lowest BCUT2D eigenvalue weighted by atomic mass is 10.1. The quantitative estimate of drug-likeness (QED) is 0.0169. The first-order valence-electron chi connectivity index (χ1n) is 39.1. The number of esters is 4. The highest BCUT2D eigenvalue weighted by atomic mass is 31.2. The van der Waals surface area contributed by atoms with E-state index >= 15 is 0 Å². The topological polar surface area (TPSA) is 237 Å². The van der Waals surface area contributed by atoms with Gasteiger partial charge in [0.1, 0.15) is 19.3 Å². The lowest BCUT2D eigenvalue weighted by Gasteiger charge is -2.21. The van der Waals surface area contributed by atoms with Gasteiger partial charge in [0.15, 0.2) is 12.2 Å². The van der Waals surface area contributed by atoms with Gasteiger partial charge in [0, 0.05) is 25.7 Å². The maximum absolute atomic E-state index is 13.1. The van der Waals surface area contributed by atoms with Crippen molar-refractivity contribution in [3.8, 4) is 0 Å². The molecule has 0 spiro atoms. The van der Waals surface area contributed by atoms with Gasteiger partial charge in [-0.15, -0.1) is 0 Å². The van der Waals surface area contributed by atoms with E-state index in [4.69, 9.17) is 37.0 Å². The van der Waals surface area contributed by atoms with E-state index in [1.807, 2.05) is 0 Å². The number of carbonyl (C=O) groups excluding carboxylic acids is 4. The van der Waals surface area contributed by atoms with Gasteiger partial charge in [0.25, 0.3) is 0 Å². The number of aliphatic hydroxyl groups is 1. The van der Waals surface area contributed by atoms with Crippen LogP contribution in [0.4, 0.5) is 0 Å². The molecule has 0 saturated heterocycles. The van der Waals surface area contributed by atoms with Gasteiger partial charge in [-0.05, 0) is 141 Å². The molecule has 0 fully saturated rings. The zero-order chi connectivity index (χ0) is 73.2. The molecule has 0 aliphatic heterocycles. The summed E-state index contributed by atoms with van der Waals surface area (Å²) >= 11 is 0.